The van der Waals surface area contributed by atoms with E-state index < -0.39 is 0 Å². The van der Waals surface area contributed by atoms with Gasteiger partial charge in [0, 0.05) is 29.2 Å². The van der Waals surface area contributed by atoms with Crippen LogP contribution in [0.2, 0.25) is 0 Å². The molecule has 0 saturated carbocycles. The van der Waals surface area contributed by atoms with Gasteiger partial charge in [0.15, 0.2) is 0 Å². The zero-order valence-electron chi connectivity index (χ0n) is 14.1. The number of hydrogen-bond donors (Lipinski definition) is 0. The van der Waals surface area contributed by atoms with Gasteiger partial charge in [-0.2, -0.15) is 0 Å². The van der Waals surface area contributed by atoms with Gasteiger partial charge in [-0.15, -0.1) is 11.8 Å². The quantitative estimate of drug-likeness (QED) is 0.740. The molecule has 1 aliphatic rings. The van der Waals surface area contributed by atoms with Crippen molar-refractivity contribution in [1.82, 2.24) is 4.57 Å². The van der Waals surface area contributed by atoms with Crippen molar-refractivity contribution in [1.29, 1.82) is 0 Å². The highest BCUT2D eigenvalue weighted by atomic mass is 32.2. The summed E-state index contributed by atoms with van der Waals surface area (Å²) < 4.78 is 2.41. The summed E-state index contributed by atoms with van der Waals surface area (Å²) in [6.45, 7) is 9.84. The summed E-state index contributed by atoms with van der Waals surface area (Å²) in [7, 11) is 0. The number of aromatic nitrogens is 1. The van der Waals surface area contributed by atoms with E-state index in [4.69, 9.17) is 4.99 Å². The highest BCUT2D eigenvalue weighted by Gasteiger charge is 2.28. The molecule has 0 amide bonds. The largest absolute Gasteiger partial charge is 0.317 e. The summed E-state index contributed by atoms with van der Waals surface area (Å²) in [5.74, 6) is 0. The first-order valence-electron chi connectivity index (χ1n) is 7.78. The Balaban J connectivity index is 2.20. The number of benzene rings is 1. The topological polar surface area (TPSA) is 17.3 Å². The van der Waals surface area contributed by atoms with E-state index in [1.807, 2.05) is 0 Å². The molecule has 116 valence electrons. The number of aryl methyl sites for hydroxylation is 2. The lowest BCUT2D eigenvalue weighted by Crippen LogP contribution is -2.20. The van der Waals surface area contributed by atoms with Gasteiger partial charge in [-0.05, 0) is 50.1 Å². The SMILES string of the molecule is CSC1=NCC(C)(C)Cc2c1cc(C)n2-c1ccc(C)cc1. The van der Waals surface area contributed by atoms with Crippen LogP contribution in [0, 0.1) is 19.3 Å². The van der Waals surface area contributed by atoms with Crippen LogP contribution in [-0.2, 0) is 6.42 Å². The van der Waals surface area contributed by atoms with E-state index in [9.17, 15) is 0 Å². The minimum atomic E-state index is 0.194. The maximum atomic E-state index is 4.86. The first-order chi connectivity index (χ1) is 10.4. The predicted octanol–water partition coefficient (Wildman–Crippen LogP) is 4.79. The molecule has 0 radical (unpaired) electrons. The molecule has 0 N–H and O–H groups in total. The number of thioether (sulfide) groups is 1. The molecule has 0 saturated heterocycles. The Morgan fingerprint density at radius 3 is 2.45 bits per heavy atom. The summed E-state index contributed by atoms with van der Waals surface area (Å²) >= 11 is 1.76. The normalized spacial score (nSPS) is 16.9. The average molecular weight is 312 g/mol. The molecule has 3 rings (SSSR count). The Hall–Kier alpha value is -1.48. The monoisotopic (exact) mass is 312 g/mol. The lowest BCUT2D eigenvalue weighted by atomic mass is 9.88. The van der Waals surface area contributed by atoms with Crippen LogP contribution in [0.1, 0.15) is 36.4 Å². The summed E-state index contributed by atoms with van der Waals surface area (Å²) in [6.07, 6.45) is 3.18. The molecule has 0 fully saturated rings. The third kappa shape index (κ3) is 2.74. The lowest BCUT2D eigenvalue weighted by molar-refractivity contribution is 0.374. The van der Waals surface area contributed by atoms with Crippen molar-refractivity contribution in [3.05, 3.63) is 52.8 Å². The first-order valence-corrected chi connectivity index (χ1v) is 9.01. The number of rotatable bonds is 1. The molecule has 2 heterocycles. The zero-order valence-corrected chi connectivity index (χ0v) is 14.9. The number of hydrogen-bond acceptors (Lipinski definition) is 2. The molecule has 0 unspecified atom stereocenters. The highest BCUT2D eigenvalue weighted by molar-refractivity contribution is 8.13. The van der Waals surface area contributed by atoms with E-state index in [2.05, 4.69) is 68.8 Å². The Morgan fingerprint density at radius 1 is 1.14 bits per heavy atom. The van der Waals surface area contributed by atoms with E-state index in [1.54, 1.807) is 11.8 Å². The van der Waals surface area contributed by atoms with Crippen molar-refractivity contribution in [2.75, 3.05) is 12.8 Å². The van der Waals surface area contributed by atoms with Crippen molar-refractivity contribution in [2.45, 2.75) is 34.1 Å². The van der Waals surface area contributed by atoms with Crippen LogP contribution in [0.5, 0.6) is 0 Å². The molecule has 1 aromatic carbocycles. The molecule has 3 heteroatoms. The van der Waals surface area contributed by atoms with Crippen LogP contribution in [0.3, 0.4) is 0 Å². The van der Waals surface area contributed by atoms with E-state index in [-0.39, 0.29) is 5.41 Å². The summed E-state index contributed by atoms with van der Waals surface area (Å²) in [6, 6.07) is 11.1. The lowest BCUT2D eigenvalue weighted by Gasteiger charge is -2.22. The minimum absolute atomic E-state index is 0.194. The molecule has 2 nitrogen and oxygen atoms in total. The van der Waals surface area contributed by atoms with Gasteiger partial charge in [0.2, 0.25) is 0 Å². The number of nitrogens with zero attached hydrogens (tertiary/aromatic N) is 2. The number of aliphatic imine (C=N–C) groups is 1. The van der Waals surface area contributed by atoms with Crippen LogP contribution in [0.15, 0.2) is 35.3 Å². The first kappa shape index (κ1) is 15.4. The van der Waals surface area contributed by atoms with Crippen LogP contribution in [0.4, 0.5) is 0 Å². The Bertz CT molecular complexity index is 721. The van der Waals surface area contributed by atoms with E-state index in [0.29, 0.717) is 0 Å². The van der Waals surface area contributed by atoms with Gasteiger partial charge in [-0.3, -0.25) is 4.99 Å². The van der Waals surface area contributed by atoms with Crippen molar-refractivity contribution in [3.8, 4) is 5.69 Å². The van der Waals surface area contributed by atoms with E-state index >= 15 is 0 Å². The third-order valence-corrected chi connectivity index (χ3v) is 5.04. The fourth-order valence-electron chi connectivity index (χ4n) is 3.16. The van der Waals surface area contributed by atoms with Crippen molar-refractivity contribution in [3.63, 3.8) is 0 Å². The Morgan fingerprint density at radius 2 is 1.82 bits per heavy atom. The highest BCUT2D eigenvalue weighted by Crippen LogP contribution is 2.34. The Kier molecular flexibility index (Phi) is 3.94. The maximum absolute atomic E-state index is 4.86. The Labute approximate surface area is 137 Å². The second-order valence-corrected chi connectivity index (χ2v) is 7.78. The van der Waals surface area contributed by atoms with Crippen LogP contribution in [-0.4, -0.2) is 22.4 Å². The molecule has 22 heavy (non-hydrogen) atoms. The van der Waals surface area contributed by atoms with Gasteiger partial charge >= 0.3 is 0 Å². The molecule has 2 aromatic rings. The molecule has 1 aromatic heterocycles. The van der Waals surface area contributed by atoms with Crippen molar-refractivity contribution >= 4 is 16.8 Å². The van der Waals surface area contributed by atoms with Gasteiger partial charge in [-0.25, -0.2) is 0 Å². The molecule has 1 aliphatic heterocycles. The molecule has 0 bridgehead atoms. The smallest absolute Gasteiger partial charge is 0.0992 e. The minimum Gasteiger partial charge on any atom is -0.317 e. The maximum Gasteiger partial charge on any atom is 0.0992 e. The van der Waals surface area contributed by atoms with Crippen LogP contribution < -0.4 is 0 Å². The van der Waals surface area contributed by atoms with Gasteiger partial charge in [-0.1, -0.05) is 31.5 Å². The molecule has 0 aliphatic carbocycles. The standard InChI is InChI=1S/C19H24N2S/c1-13-6-8-15(9-7-13)21-14(2)10-16-17(21)11-19(3,4)12-20-18(16)22-5/h6-10H,11-12H2,1-5H3. The molecular formula is C19H24N2S. The van der Waals surface area contributed by atoms with Crippen molar-refractivity contribution < 1.29 is 0 Å². The molecule has 0 spiro atoms. The van der Waals surface area contributed by atoms with Crippen LogP contribution in [0.25, 0.3) is 5.69 Å². The predicted molar refractivity (Wildman–Crippen MR) is 97.6 cm³/mol. The van der Waals surface area contributed by atoms with Crippen LogP contribution >= 0.6 is 11.8 Å². The second-order valence-electron chi connectivity index (χ2n) is 6.98. The second kappa shape index (κ2) is 5.62. The molecular weight excluding hydrogens is 288 g/mol. The van der Waals surface area contributed by atoms with Gasteiger partial charge in [0.05, 0.1) is 5.04 Å². The van der Waals surface area contributed by atoms with E-state index in [1.165, 1.54) is 33.2 Å². The fraction of sp³-hybridized carbons (Fsp3) is 0.421. The zero-order chi connectivity index (χ0) is 15.9. The molecule has 0 atom stereocenters. The number of fused-ring (bicyclic) bond motifs is 1. The average Bonchev–Trinajstić information content (AvgIpc) is 2.70. The van der Waals surface area contributed by atoms with Gasteiger partial charge in [0.25, 0.3) is 0 Å². The van der Waals surface area contributed by atoms with E-state index in [0.717, 1.165) is 13.0 Å². The van der Waals surface area contributed by atoms with Crippen molar-refractivity contribution in [2.24, 2.45) is 10.4 Å². The third-order valence-electron chi connectivity index (χ3n) is 4.30. The van der Waals surface area contributed by atoms with Gasteiger partial charge < -0.3 is 4.57 Å². The van der Waals surface area contributed by atoms with Gasteiger partial charge in [0.1, 0.15) is 0 Å². The fourth-order valence-corrected chi connectivity index (χ4v) is 3.75. The summed E-state index contributed by atoms with van der Waals surface area (Å²) in [4.78, 5) is 4.86. The summed E-state index contributed by atoms with van der Waals surface area (Å²) in [5.41, 5.74) is 6.75. The summed E-state index contributed by atoms with van der Waals surface area (Å²) in [5, 5.41) is 1.18.